The van der Waals surface area contributed by atoms with E-state index in [4.69, 9.17) is 6.64 Å². The average molecular weight is 526 g/mol. The molecule has 0 aliphatic rings. The van der Waals surface area contributed by atoms with E-state index in [-0.39, 0.29) is 24.8 Å². The number of hydrogen-bond acceptors (Lipinski definition) is 3. The molecular weight excluding hydrogens is 501 g/mol. The van der Waals surface area contributed by atoms with E-state index in [0.717, 1.165) is 49.9 Å². The van der Waals surface area contributed by atoms with Crippen LogP contribution in [0.2, 0.25) is 0 Å². The summed E-state index contributed by atoms with van der Waals surface area (Å²) in [5, 5.41) is 4.49. The molecule has 0 spiro atoms. The molecule has 34 heavy (non-hydrogen) atoms. The van der Waals surface area contributed by atoms with Gasteiger partial charge in [-0.05, 0) is 0 Å². The van der Waals surface area contributed by atoms with Crippen molar-refractivity contribution in [3.05, 3.63) is 114 Å². The van der Waals surface area contributed by atoms with Crippen LogP contribution in [0, 0.1) is 13.8 Å². The fourth-order valence-electron chi connectivity index (χ4n) is 3.80. The first-order valence-electron chi connectivity index (χ1n) is 10.6. The number of aryl methyl sites for hydroxylation is 2. The number of rotatable bonds is 5. The third kappa shape index (κ3) is 5.68. The number of aromatic nitrogens is 1. The second-order valence-electron chi connectivity index (χ2n) is 7.81. The Bertz CT molecular complexity index is 1380. The summed E-state index contributed by atoms with van der Waals surface area (Å²) in [6.07, 6.45) is 1.89. The molecule has 0 aliphatic heterocycles. The molecule has 1 aromatic heterocycles. The minimum atomic E-state index is -2.68. The first kappa shape index (κ1) is 25.9. The van der Waals surface area contributed by atoms with Crippen LogP contribution in [-0.2, 0) is 18.2 Å². The van der Waals surface area contributed by atoms with Gasteiger partial charge in [-0.3, -0.25) is 0 Å². The molecule has 0 saturated carbocycles. The van der Waals surface area contributed by atoms with Gasteiger partial charge in [0, 0.05) is 0 Å². The largest absolute Gasteiger partial charge is 0.147 e. The molecule has 0 radical (unpaired) electrons. The number of benzene rings is 4. The van der Waals surface area contributed by atoms with Crippen molar-refractivity contribution in [3.8, 4) is 11.5 Å². The van der Waals surface area contributed by atoms with Crippen LogP contribution in [0.3, 0.4) is 0 Å². The monoisotopic (exact) mass is 525 g/mol. The summed E-state index contributed by atoms with van der Waals surface area (Å²) >= 11 is -2.68. The molecule has 1 heterocycles. The Morgan fingerprint density at radius 3 is 1.74 bits per heavy atom. The summed E-state index contributed by atoms with van der Waals surface area (Å²) < 4.78 is 15.4. The van der Waals surface area contributed by atoms with Gasteiger partial charge in [0.2, 0.25) is 0 Å². The number of halogens is 2. The van der Waals surface area contributed by atoms with Gasteiger partial charge >= 0.3 is 195 Å². The minimum Gasteiger partial charge on any atom is -0.147 e. The predicted octanol–water partition coefficient (Wildman–Crippen LogP) is 7.60. The van der Waals surface area contributed by atoms with Crippen LogP contribution in [-0.4, -0.2) is 9.30 Å². The van der Waals surface area contributed by atoms with Gasteiger partial charge in [-0.25, -0.2) is 0 Å². The zero-order valence-electron chi connectivity index (χ0n) is 18.9. The molecule has 0 fully saturated rings. The average Bonchev–Trinajstić information content (AvgIpc) is 2.82. The summed E-state index contributed by atoms with van der Waals surface area (Å²) in [6, 6.07) is 31.0. The molecule has 5 rings (SSSR count). The Hall–Kier alpha value is -2.69. The van der Waals surface area contributed by atoms with E-state index in [0.29, 0.717) is 0 Å². The van der Waals surface area contributed by atoms with Crippen LogP contribution in [0.15, 0.2) is 97.2 Å². The smallest absolute Gasteiger partial charge is 0.147 e. The van der Waals surface area contributed by atoms with Crippen molar-refractivity contribution >= 4 is 50.7 Å². The summed E-state index contributed by atoms with van der Waals surface area (Å²) in [6.45, 7) is 4.08. The maximum absolute atomic E-state index is 6.64. The van der Waals surface area contributed by atoms with Crippen LogP contribution in [0.1, 0.15) is 16.8 Å². The third-order valence-corrected chi connectivity index (χ3v) is 7.63. The SMILES string of the molecule is Cc1cnc(C)c([CH]=[Ti]([O]c2cccc3ccccc23)[O]c2cccc3ccccc23)c1.Cl.Cl. The molecule has 3 nitrogen and oxygen atoms in total. The Balaban J connectivity index is 0.00000162. The van der Waals surface area contributed by atoms with Gasteiger partial charge in [-0.1, -0.05) is 0 Å². The fourth-order valence-corrected chi connectivity index (χ4v) is 6.13. The van der Waals surface area contributed by atoms with Gasteiger partial charge < -0.3 is 0 Å². The maximum atomic E-state index is 6.64. The number of hydrogen-bond donors (Lipinski definition) is 0. The molecule has 6 heteroatoms. The first-order valence-corrected chi connectivity index (χ1v) is 12.8. The van der Waals surface area contributed by atoms with E-state index < -0.39 is 18.2 Å². The van der Waals surface area contributed by atoms with Crippen molar-refractivity contribution in [1.82, 2.24) is 4.98 Å². The van der Waals surface area contributed by atoms with E-state index >= 15 is 0 Å². The van der Waals surface area contributed by atoms with Crippen LogP contribution >= 0.6 is 24.8 Å². The minimum absolute atomic E-state index is 0. The van der Waals surface area contributed by atoms with Gasteiger partial charge in [0.15, 0.2) is 0 Å². The zero-order chi connectivity index (χ0) is 21.9. The number of nitrogens with zero attached hydrogens (tertiary/aromatic N) is 1. The van der Waals surface area contributed by atoms with Crippen molar-refractivity contribution in [2.45, 2.75) is 13.8 Å². The van der Waals surface area contributed by atoms with E-state index in [1.54, 1.807) is 0 Å². The topological polar surface area (TPSA) is 31.4 Å². The number of fused-ring (bicyclic) bond motifs is 2. The normalized spacial score (nSPS) is 10.2. The molecule has 0 bridgehead atoms. The molecule has 0 N–H and O–H groups in total. The first-order chi connectivity index (χ1) is 15.7. The summed E-state index contributed by atoms with van der Waals surface area (Å²) in [5.74, 6) is 1.71. The van der Waals surface area contributed by atoms with Crippen molar-refractivity contribution in [2.75, 3.05) is 0 Å². The standard InChI is InChI=1S/2C10H8O.C8H9N.2ClH.Ti/c2*11-10-7-3-5-8-4-1-2-6-9(8)10;1-6-4-7(2)8(3)9-5-6;;;/h2*1-7,11H;2,4-5H,1,3H3;2*1H;/q;;;;;+2/p-2. The van der Waals surface area contributed by atoms with Crippen LogP contribution in [0.5, 0.6) is 11.5 Å². The fraction of sp³-hybridized carbons (Fsp3) is 0.0714. The van der Waals surface area contributed by atoms with Crippen LogP contribution < -0.4 is 6.64 Å². The summed E-state index contributed by atoms with van der Waals surface area (Å²) in [5.41, 5.74) is 3.17. The molecule has 0 aliphatic carbocycles. The van der Waals surface area contributed by atoms with Crippen LogP contribution in [0.4, 0.5) is 0 Å². The van der Waals surface area contributed by atoms with Crippen molar-refractivity contribution < 1.29 is 24.8 Å². The Kier molecular flexibility index (Phi) is 8.87. The Morgan fingerprint density at radius 2 is 1.18 bits per heavy atom. The van der Waals surface area contributed by atoms with Gasteiger partial charge in [0.25, 0.3) is 0 Å². The predicted molar refractivity (Wildman–Crippen MR) is 143 cm³/mol. The van der Waals surface area contributed by atoms with Gasteiger partial charge in [-0.2, -0.15) is 0 Å². The molecule has 5 aromatic rings. The molecular formula is C28H25Cl2NO2Ti. The van der Waals surface area contributed by atoms with Crippen molar-refractivity contribution in [3.63, 3.8) is 0 Å². The van der Waals surface area contributed by atoms with E-state index in [2.05, 4.69) is 58.7 Å². The Labute approximate surface area is 218 Å². The van der Waals surface area contributed by atoms with E-state index in [1.807, 2.05) is 61.7 Å². The Morgan fingerprint density at radius 1 is 0.676 bits per heavy atom. The molecule has 0 atom stereocenters. The van der Waals surface area contributed by atoms with Crippen LogP contribution in [0.25, 0.3) is 21.5 Å². The summed E-state index contributed by atoms with van der Waals surface area (Å²) in [4.78, 5) is 4.53. The van der Waals surface area contributed by atoms with Crippen molar-refractivity contribution in [1.29, 1.82) is 0 Å². The summed E-state index contributed by atoms with van der Waals surface area (Å²) in [7, 11) is 0. The van der Waals surface area contributed by atoms with Crippen molar-refractivity contribution in [2.24, 2.45) is 0 Å². The zero-order valence-corrected chi connectivity index (χ0v) is 22.1. The molecule has 172 valence electrons. The maximum Gasteiger partial charge on any atom is -0.147 e. The molecule has 0 saturated heterocycles. The van der Waals surface area contributed by atoms with Gasteiger partial charge in [0.05, 0.1) is 0 Å². The second kappa shape index (κ2) is 11.6. The number of pyridine rings is 1. The van der Waals surface area contributed by atoms with E-state index in [9.17, 15) is 0 Å². The van der Waals surface area contributed by atoms with E-state index in [1.165, 1.54) is 0 Å². The van der Waals surface area contributed by atoms with Gasteiger partial charge in [0.1, 0.15) is 0 Å². The van der Waals surface area contributed by atoms with Gasteiger partial charge in [-0.15, -0.1) is 24.8 Å². The third-order valence-electron chi connectivity index (χ3n) is 5.46. The molecule has 0 amide bonds. The quantitative estimate of drug-likeness (QED) is 0.221. The molecule has 4 aromatic carbocycles. The molecule has 0 unspecified atom stereocenters. The second-order valence-corrected chi connectivity index (χ2v) is 9.89.